The first kappa shape index (κ1) is 18.4. The van der Waals surface area contributed by atoms with Crippen molar-refractivity contribution in [2.75, 3.05) is 25.6 Å². The molecule has 3 amide bonds. The lowest BCUT2D eigenvalue weighted by atomic mass is 9.76. The van der Waals surface area contributed by atoms with E-state index in [1.54, 1.807) is 30.4 Å². The van der Waals surface area contributed by atoms with Gasteiger partial charge in [0.15, 0.2) is 0 Å². The number of carbonyl (C=O) groups is 3. The second kappa shape index (κ2) is 6.27. The summed E-state index contributed by atoms with van der Waals surface area (Å²) < 4.78 is 5.01. The van der Waals surface area contributed by atoms with E-state index in [1.165, 1.54) is 7.11 Å². The van der Waals surface area contributed by atoms with Gasteiger partial charge in [-0.25, -0.2) is 0 Å². The Morgan fingerprint density at radius 3 is 2.78 bits per heavy atom. The summed E-state index contributed by atoms with van der Waals surface area (Å²) in [6, 6.07) is 4.38. The number of amides is 3. The van der Waals surface area contributed by atoms with Gasteiger partial charge in [-0.1, -0.05) is 11.6 Å². The number of methoxy groups -OCH3 is 1. The van der Waals surface area contributed by atoms with Gasteiger partial charge in [-0.2, -0.15) is 0 Å². The fourth-order valence-corrected chi connectivity index (χ4v) is 4.93. The third kappa shape index (κ3) is 2.37. The van der Waals surface area contributed by atoms with Gasteiger partial charge in [0.1, 0.15) is 24.0 Å². The number of rotatable bonds is 4. The number of hydrogen-bond acceptors (Lipinski definition) is 5. The van der Waals surface area contributed by atoms with Crippen LogP contribution in [0.3, 0.4) is 0 Å². The lowest BCUT2D eigenvalue weighted by Crippen LogP contribution is -3.00. The Kier molecular flexibility index (Phi) is 4.27. The minimum absolute atomic E-state index is 0.119. The van der Waals surface area contributed by atoms with Crippen LogP contribution in [0.25, 0.3) is 0 Å². The summed E-state index contributed by atoms with van der Waals surface area (Å²) in [6.45, 7) is 1.90. The van der Waals surface area contributed by atoms with Crippen molar-refractivity contribution >= 4 is 35.0 Å². The summed E-state index contributed by atoms with van der Waals surface area (Å²) in [4.78, 5) is 40.4. The van der Waals surface area contributed by atoms with Crippen LogP contribution in [-0.2, 0) is 24.7 Å². The number of aliphatic hydroxyl groups is 1. The molecule has 4 N–H and O–H groups in total. The molecule has 1 aromatic carbocycles. The van der Waals surface area contributed by atoms with Gasteiger partial charge in [0.2, 0.25) is 17.4 Å². The number of nitrogens with one attached hydrogen (secondary N) is 1. The maximum Gasteiger partial charge on any atom is 0.291 e. The third-order valence-electron chi connectivity index (χ3n) is 5.93. The van der Waals surface area contributed by atoms with E-state index in [4.69, 9.17) is 16.3 Å². The molecule has 4 rings (SSSR count). The van der Waals surface area contributed by atoms with E-state index < -0.39 is 35.4 Å². The summed E-state index contributed by atoms with van der Waals surface area (Å²) >= 11 is 6.16. The van der Waals surface area contributed by atoms with E-state index in [9.17, 15) is 19.5 Å². The molecule has 5 atom stereocenters. The quantitative estimate of drug-likeness (QED) is 0.571. The molecule has 27 heavy (non-hydrogen) atoms. The van der Waals surface area contributed by atoms with Gasteiger partial charge in [0, 0.05) is 17.7 Å². The van der Waals surface area contributed by atoms with E-state index in [0.29, 0.717) is 16.3 Å². The van der Waals surface area contributed by atoms with Crippen LogP contribution in [-0.4, -0.2) is 60.1 Å². The molecule has 0 aromatic heterocycles. The first-order chi connectivity index (χ1) is 12.8. The minimum Gasteiger partial charge on any atom is -0.387 e. The topological polar surface area (TPSA) is 113 Å². The van der Waals surface area contributed by atoms with Crippen molar-refractivity contribution in [3.05, 3.63) is 28.8 Å². The molecular formula is C18H21ClN3O5+. The average molecular weight is 395 g/mol. The highest BCUT2D eigenvalue weighted by molar-refractivity contribution is 6.31. The number of nitrogens with two attached hydrogens (primary N) is 1. The van der Waals surface area contributed by atoms with Crippen molar-refractivity contribution < 1.29 is 29.5 Å². The Balaban J connectivity index is 1.86. The van der Waals surface area contributed by atoms with Gasteiger partial charge >= 0.3 is 0 Å². The maximum absolute atomic E-state index is 13.2. The van der Waals surface area contributed by atoms with Crippen molar-refractivity contribution in [1.82, 2.24) is 4.90 Å². The zero-order valence-electron chi connectivity index (χ0n) is 14.9. The van der Waals surface area contributed by atoms with E-state index >= 15 is 0 Å². The molecule has 0 saturated carbocycles. The molecule has 1 spiro atoms. The van der Waals surface area contributed by atoms with Crippen LogP contribution in [0.4, 0.5) is 5.69 Å². The monoisotopic (exact) mass is 394 g/mol. The Labute approximate surface area is 160 Å². The Hall–Kier alpha value is -2.00. The lowest BCUT2D eigenvalue weighted by Gasteiger charge is -2.27. The van der Waals surface area contributed by atoms with Gasteiger partial charge in [-0.3, -0.25) is 19.3 Å². The zero-order chi connectivity index (χ0) is 19.5. The Morgan fingerprint density at radius 1 is 1.37 bits per heavy atom. The van der Waals surface area contributed by atoms with Crippen LogP contribution >= 0.6 is 11.6 Å². The molecule has 3 heterocycles. The molecule has 3 aliphatic heterocycles. The highest BCUT2D eigenvalue weighted by Crippen LogP contribution is 2.49. The van der Waals surface area contributed by atoms with Crippen molar-refractivity contribution in [1.29, 1.82) is 0 Å². The molecule has 2 saturated heterocycles. The number of halogens is 1. The highest BCUT2D eigenvalue weighted by atomic mass is 35.5. The third-order valence-corrected chi connectivity index (χ3v) is 6.17. The van der Waals surface area contributed by atoms with Gasteiger partial charge < -0.3 is 20.5 Å². The first-order valence-electron chi connectivity index (χ1n) is 8.82. The molecule has 0 unspecified atom stereocenters. The molecule has 2 fully saturated rings. The Morgan fingerprint density at radius 2 is 2.11 bits per heavy atom. The van der Waals surface area contributed by atoms with Crippen LogP contribution < -0.4 is 10.6 Å². The number of carbonyl (C=O) groups excluding carboxylic acids is 3. The zero-order valence-corrected chi connectivity index (χ0v) is 15.7. The number of nitrogens with zero attached hydrogens (tertiary/aromatic N) is 1. The van der Waals surface area contributed by atoms with Gasteiger partial charge in [-0.05, 0) is 25.1 Å². The van der Waals surface area contributed by atoms with E-state index in [1.807, 2.05) is 0 Å². The first-order valence-corrected chi connectivity index (χ1v) is 9.20. The van der Waals surface area contributed by atoms with Crippen LogP contribution in [0.15, 0.2) is 18.2 Å². The average Bonchev–Trinajstić information content (AvgIpc) is 3.20. The van der Waals surface area contributed by atoms with E-state index in [-0.39, 0.29) is 25.0 Å². The number of aliphatic hydroxyl groups excluding tert-OH is 1. The van der Waals surface area contributed by atoms with Crippen LogP contribution in [0.5, 0.6) is 0 Å². The van der Waals surface area contributed by atoms with Crippen LogP contribution in [0.1, 0.15) is 12.5 Å². The van der Waals surface area contributed by atoms with Gasteiger partial charge in [-0.15, -0.1) is 0 Å². The fourth-order valence-electron chi connectivity index (χ4n) is 4.76. The summed E-state index contributed by atoms with van der Waals surface area (Å²) in [5, 5.41) is 15.2. The fraction of sp³-hybridized carbons (Fsp3) is 0.500. The number of anilines is 1. The number of likely N-dealkylation sites (tertiary alicyclic amines) is 1. The second-order valence-electron chi connectivity index (χ2n) is 7.32. The second-order valence-corrected chi connectivity index (χ2v) is 7.76. The number of hydrogen-bond donors (Lipinski definition) is 3. The van der Waals surface area contributed by atoms with Gasteiger partial charge in [0.05, 0.1) is 18.8 Å². The van der Waals surface area contributed by atoms with E-state index in [0.717, 1.165) is 4.90 Å². The number of imide groups is 1. The smallest absolute Gasteiger partial charge is 0.291 e. The Bertz CT molecular complexity index is 844. The largest absolute Gasteiger partial charge is 0.387 e. The predicted octanol–water partition coefficient (Wildman–Crippen LogP) is -0.939. The summed E-state index contributed by atoms with van der Waals surface area (Å²) in [6.07, 6.45) is -0.882. The van der Waals surface area contributed by atoms with Crippen molar-refractivity contribution in [2.24, 2.45) is 11.8 Å². The van der Waals surface area contributed by atoms with Crippen LogP contribution in [0.2, 0.25) is 5.02 Å². The molecule has 3 aliphatic rings. The van der Waals surface area contributed by atoms with Crippen molar-refractivity contribution in [3.63, 3.8) is 0 Å². The molecule has 0 radical (unpaired) electrons. The summed E-state index contributed by atoms with van der Waals surface area (Å²) in [7, 11) is 1.49. The predicted molar refractivity (Wildman–Crippen MR) is 94.7 cm³/mol. The lowest BCUT2D eigenvalue weighted by molar-refractivity contribution is -0.738. The van der Waals surface area contributed by atoms with Crippen LogP contribution in [0, 0.1) is 11.8 Å². The number of ether oxygens (including phenoxy) is 1. The molecule has 0 bridgehead atoms. The van der Waals surface area contributed by atoms with Crippen molar-refractivity contribution in [2.45, 2.75) is 24.6 Å². The summed E-state index contributed by atoms with van der Waals surface area (Å²) in [5.41, 5.74) is -0.171. The molecule has 9 heteroatoms. The SMILES string of the molecule is COCCN1C(=O)[C@@H]2[C@H]([C@H](C)O)[NH2+][C@]3(C(=O)Nc4ccc(Cl)cc43)[C@@H]2C1=O. The molecule has 144 valence electrons. The molecular weight excluding hydrogens is 374 g/mol. The van der Waals surface area contributed by atoms with E-state index in [2.05, 4.69) is 5.32 Å². The number of benzene rings is 1. The highest BCUT2D eigenvalue weighted by Gasteiger charge is 2.74. The van der Waals surface area contributed by atoms with Gasteiger partial charge in [0.25, 0.3) is 5.91 Å². The minimum atomic E-state index is -1.32. The summed E-state index contributed by atoms with van der Waals surface area (Å²) in [5.74, 6) is -2.84. The standard InChI is InChI=1S/C18H20ClN3O5/c1-8(23)14-12-13(16(25)22(15(12)24)5-6-27-2)18(21-14)10-7-9(19)3-4-11(10)20-17(18)26/h3-4,7-8,12-14,21,23H,5-6H2,1-2H3,(H,20,26)/p+1/t8-,12-,13-,14-,18-/m0/s1. The number of quaternary nitrogens is 1. The number of fused-ring (bicyclic) bond motifs is 4. The normalized spacial score (nSPS) is 32.8. The molecule has 0 aliphatic carbocycles. The molecule has 8 nitrogen and oxygen atoms in total. The van der Waals surface area contributed by atoms with Crippen molar-refractivity contribution in [3.8, 4) is 0 Å². The molecule has 1 aromatic rings. The maximum atomic E-state index is 13.2.